The summed E-state index contributed by atoms with van der Waals surface area (Å²) in [4.78, 5) is 8.62. The van der Waals surface area contributed by atoms with Crippen LogP contribution in [0, 0.1) is 0 Å². The highest BCUT2D eigenvalue weighted by Gasteiger charge is 2.12. The van der Waals surface area contributed by atoms with Gasteiger partial charge < -0.3 is 5.32 Å². The lowest BCUT2D eigenvalue weighted by molar-refractivity contribution is 0.591. The molecule has 1 N–H and O–H groups in total. The molecule has 100 valence electrons. The van der Waals surface area contributed by atoms with Crippen LogP contribution in [0.25, 0.3) is 10.9 Å². The molecule has 3 heteroatoms. The maximum Gasteiger partial charge on any atom is 0.0704 e. The molecule has 0 aliphatic rings. The van der Waals surface area contributed by atoms with E-state index in [1.54, 1.807) is 6.20 Å². The summed E-state index contributed by atoms with van der Waals surface area (Å²) in [5.41, 5.74) is 3.56. The zero-order valence-electron chi connectivity index (χ0n) is 11.5. The summed E-state index contributed by atoms with van der Waals surface area (Å²) in [7, 11) is 1.99. The Morgan fingerprint density at radius 3 is 2.75 bits per heavy atom. The minimum atomic E-state index is 0.259. The van der Waals surface area contributed by atoms with Crippen molar-refractivity contribution in [2.24, 2.45) is 0 Å². The van der Waals surface area contributed by atoms with Crippen LogP contribution in [0.3, 0.4) is 0 Å². The van der Waals surface area contributed by atoms with Crippen LogP contribution in [0.1, 0.15) is 17.2 Å². The molecule has 0 saturated carbocycles. The molecule has 3 nitrogen and oxygen atoms in total. The van der Waals surface area contributed by atoms with Gasteiger partial charge in [0.1, 0.15) is 0 Å². The number of nitrogens with zero attached hydrogens (tertiary/aromatic N) is 2. The number of nitrogens with one attached hydrogen (secondary N) is 1. The maximum absolute atomic E-state index is 4.41. The number of rotatable bonds is 4. The van der Waals surface area contributed by atoms with Crippen molar-refractivity contribution in [2.75, 3.05) is 7.05 Å². The number of hydrogen-bond donors (Lipinski definition) is 1. The third-order valence-electron chi connectivity index (χ3n) is 3.60. The minimum absolute atomic E-state index is 0.259. The highest BCUT2D eigenvalue weighted by Crippen LogP contribution is 2.22. The van der Waals surface area contributed by atoms with Crippen LogP contribution in [0.2, 0.25) is 0 Å². The topological polar surface area (TPSA) is 37.8 Å². The summed E-state index contributed by atoms with van der Waals surface area (Å²) in [6.45, 7) is 0. The number of hydrogen-bond acceptors (Lipinski definition) is 3. The Balaban J connectivity index is 1.96. The summed E-state index contributed by atoms with van der Waals surface area (Å²) >= 11 is 0. The van der Waals surface area contributed by atoms with Gasteiger partial charge in [-0.15, -0.1) is 0 Å². The monoisotopic (exact) mass is 263 g/mol. The minimum Gasteiger partial charge on any atom is -0.313 e. The van der Waals surface area contributed by atoms with E-state index in [0.717, 1.165) is 11.9 Å². The number of benzene rings is 1. The molecule has 0 saturated heterocycles. The van der Waals surface area contributed by atoms with Crippen molar-refractivity contribution in [2.45, 2.75) is 12.5 Å². The van der Waals surface area contributed by atoms with Crippen molar-refractivity contribution in [1.29, 1.82) is 0 Å². The van der Waals surface area contributed by atoms with Gasteiger partial charge >= 0.3 is 0 Å². The largest absolute Gasteiger partial charge is 0.313 e. The molecule has 0 radical (unpaired) electrons. The van der Waals surface area contributed by atoms with E-state index in [-0.39, 0.29) is 6.04 Å². The van der Waals surface area contributed by atoms with Crippen LogP contribution in [-0.4, -0.2) is 17.0 Å². The average Bonchev–Trinajstić information content (AvgIpc) is 2.53. The van der Waals surface area contributed by atoms with E-state index < -0.39 is 0 Å². The van der Waals surface area contributed by atoms with Gasteiger partial charge in [-0.2, -0.15) is 0 Å². The third-order valence-corrected chi connectivity index (χ3v) is 3.60. The molecule has 1 aromatic carbocycles. The average molecular weight is 263 g/mol. The van der Waals surface area contributed by atoms with Crippen molar-refractivity contribution in [3.63, 3.8) is 0 Å². The quantitative estimate of drug-likeness (QED) is 0.786. The fourth-order valence-corrected chi connectivity index (χ4v) is 2.52. The molecule has 2 heterocycles. The van der Waals surface area contributed by atoms with E-state index in [9.17, 15) is 0 Å². The number of para-hydroxylation sites is 1. The molecule has 20 heavy (non-hydrogen) atoms. The Hall–Kier alpha value is -2.26. The highest BCUT2D eigenvalue weighted by molar-refractivity contribution is 5.81. The van der Waals surface area contributed by atoms with Crippen molar-refractivity contribution in [1.82, 2.24) is 15.3 Å². The first-order valence-corrected chi connectivity index (χ1v) is 6.78. The molecule has 0 aliphatic heterocycles. The van der Waals surface area contributed by atoms with Crippen LogP contribution >= 0.6 is 0 Å². The zero-order chi connectivity index (χ0) is 13.8. The third kappa shape index (κ3) is 2.53. The van der Waals surface area contributed by atoms with E-state index in [2.05, 4.69) is 45.6 Å². The molecular weight excluding hydrogens is 246 g/mol. The first-order chi connectivity index (χ1) is 9.88. The van der Waals surface area contributed by atoms with Gasteiger partial charge in [0.15, 0.2) is 0 Å². The van der Waals surface area contributed by atoms with Crippen LogP contribution in [0.15, 0.2) is 61.1 Å². The molecule has 0 aliphatic carbocycles. The Morgan fingerprint density at radius 2 is 1.95 bits per heavy atom. The van der Waals surface area contributed by atoms with Crippen molar-refractivity contribution < 1.29 is 0 Å². The summed E-state index contributed by atoms with van der Waals surface area (Å²) in [5, 5.41) is 4.59. The Labute approximate surface area is 118 Å². The van der Waals surface area contributed by atoms with Gasteiger partial charge in [0.25, 0.3) is 0 Å². The van der Waals surface area contributed by atoms with E-state index in [0.29, 0.717) is 0 Å². The molecule has 1 unspecified atom stereocenters. The molecule has 3 rings (SSSR count). The molecule has 0 amide bonds. The number of pyridine rings is 2. The lowest BCUT2D eigenvalue weighted by atomic mass is 9.98. The molecule has 0 bridgehead atoms. The maximum atomic E-state index is 4.41. The van der Waals surface area contributed by atoms with Gasteiger partial charge in [0.2, 0.25) is 0 Å². The lowest BCUT2D eigenvalue weighted by Crippen LogP contribution is -2.19. The normalized spacial score (nSPS) is 12.4. The van der Waals surface area contributed by atoms with Crippen molar-refractivity contribution in [3.8, 4) is 0 Å². The van der Waals surface area contributed by atoms with Gasteiger partial charge in [0, 0.05) is 30.0 Å². The van der Waals surface area contributed by atoms with E-state index in [1.807, 2.05) is 31.6 Å². The zero-order valence-corrected chi connectivity index (χ0v) is 11.5. The highest BCUT2D eigenvalue weighted by atomic mass is 14.9. The summed E-state index contributed by atoms with van der Waals surface area (Å²) < 4.78 is 0. The van der Waals surface area contributed by atoms with Gasteiger partial charge in [-0.3, -0.25) is 9.97 Å². The summed E-state index contributed by atoms with van der Waals surface area (Å²) in [6.07, 6.45) is 6.53. The van der Waals surface area contributed by atoms with Gasteiger partial charge in [-0.1, -0.05) is 24.3 Å². The van der Waals surface area contributed by atoms with Crippen LogP contribution < -0.4 is 5.32 Å². The number of likely N-dealkylation sites (N-methyl/N-ethyl adjacent to an activating group) is 1. The van der Waals surface area contributed by atoms with E-state index in [4.69, 9.17) is 0 Å². The molecular formula is C17H17N3. The first-order valence-electron chi connectivity index (χ1n) is 6.78. The predicted molar refractivity (Wildman–Crippen MR) is 81.5 cm³/mol. The van der Waals surface area contributed by atoms with Gasteiger partial charge in [-0.25, -0.2) is 0 Å². The summed E-state index contributed by atoms with van der Waals surface area (Å²) in [5.74, 6) is 0. The van der Waals surface area contributed by atoms with E-state index in [1.165, 1.54) is 16.5 Å². The number of fused-ring (bicyclic) bond motifs is 1. The molecule has 1 atom stereocenters. The predicted octanol–water partition coefficient (Wildman–Crippen LogP) is 3.13. The molecule has 2 aromatic heterocycles. The van der Waals surface area contributed by atoms with Gasteiger partial charge in [-0.05, 0) is 42.8 Å². The van der Waals surface area contributed by atoms with Crippen LogP contribution in [-0.2, 0) is 6.42 Å². The van der Waals surface area contributed by atoms with Crippen LogP contribution in [0.4, 0.5) is 0 Å². The van der Waals surface area contributed by atoms with E-state index >= 15 is 0 Å². The summed E-state index contributed by atoms with van der Waals surface area (Å²) in [6, 6.07) is 14.7. The second kappa shape index (κ2) is 5.80. The molecule has 0 fully saturated rings. The molecule has 0 spiro atoms. The lowest BCUT2D eigenvalue weighted by Gasteiger charge is -2.17. The molecule has 3 aromatic rings. The second-order valence-electron chi connectivity index (χ2n) is 4.82. The smallest absolute Gasteiger partial charge is 0.0704 e. The van der Waals surface area contributed by atoms with Crippen molar-refractivity contribution >= 4 is 10.9 Å². The Bertz CT molecular complexity index is 689. The fourth-order valence-electron chi connectivity index (χ4n) is 2.52. The second-order valence-corrected chi connectivity index (χ2v) is 4.82. The van der Waals surface area contributed by atoms with Gasteiger partial charge in [0.05, 0.1) is 5.52 Å². The SMILES string of the molecule is CNC(Cc1ccnc2ccccc12)c1cccnc1. The van der Waals surface area contributed by atoms with Crippen LogP contribution in [0.5, 0.6) is 0 Å². The Morgan fingerprint density at radius 1 is 1.05 bits per heavy atom. The first kappa shape index (κ1) is 12.8. The standard InChI is InChI=1S/C17H17N3/c1-18-17(14-5-4-9-19-12-14)11-13-8-10-20-16-7-3-2-6-15(13)16/h2-10,12,17-18H,11H2,1H3. The Kier molecular flexibility index (Phi) is 3.70. The number of aromatic nitrogens is 2. The van der Waals surface area contributed by atoms with Crippen molar-refractivity contribution in [3.05, 3.63) is 72.2 Å². The fraction of sp³-hybridized carbons (Fsp3) is 0.176.